The van der Waals surface area contributed by atoms with E-state index in [1.165, 1.54) is 0 Å². The summed E-state index contributed by atoms with van der Waals surface area (Å²) in [5.74, 6) is 0. The van der Waals surface area contributed by atoms with Gasteiger partial charge in [0, 0.05) is 17.1 Å². The van der Waals surface area contributed by atoms with E-state index in [0.29, 0.717) is 0 Å². The SMILES string of the molecule is O=C(O)O.O=C(O)O.[Fe]. The van der Waals surface area contributed by atoms with Crippen LogP contribution in [0.2, 0.25) is 0 Å². The van der Waals surface area contributed by atoms with Crippen LogP contribution in [0.25, 0.3) is 0 Å². The van der Waals surface area contributed by atoms with Gasteiger partial charge in [-0.3, -0.25) is 0 Å². The molecule has 0 rings (SSSR count). The Bertz CT molecular complexity index is 69.1. The molecule has 0 atom stereocenters. The van der Waals surface area contributed by atoms with E-state index in [1.54, 1.807) is 0 Å². The summed E-state index contributed by atoms with van der Waals surface area (Å²) in [5, 5.41) is 27.9. The number of carbonyl (C=O) groups is 2. The van der Waals surface area contributed by atoms with Gasteiger partial charge in [0.25, 0.3) is 0 Å². The molecule has 0 aliphatic carbocycles. The summed E-state index contributed by atoms with van der Waals surface area (Å²) in [6.07, 6.45) is -3.67. The monoisotopic (exact) mass is 180 g/mol. The van der Waals surface area contributed by atoms with Crippen LogP contribution in [0.5, 0.6) is 0 Å². The molecule has 0 saturated carbocycles. The maximum atomic E-state index is 8.56. The maximum absolute atomic E-state index is 8.56. The van der Waals surface area contributed by atoms with Crippen molar-refractivity contribution in [1.29, 1.82) is 0 Å². The number of rotatable bonds is 0. The van der Waals surface area contributed by atoms with E-state index in [9.17, 15) is 0 Å². The van der Waals surface area contributed by atoms with Crippen molar-refractivity contribution in [3.05, 3.63) is 0 Å². The van der Waals surface area contributed by atoms with Crippen molar-refractivity contribution in [2.75, 3.05) is 0 Å². The summed E-state index contributed by atoms with van der Waals surface area (Å²) in [6.45, 7) is 0. The van der Waals surface area contributed by atoms with E-state index in [4.69, 9.17) is 30.0 Å². The fourth-order valence-corrected chi connectivity index (χ4v) is 0. The van der Waals surface area contributed by atoms with E-state index in [-0.39, 0.29) is 17.1 Å². The van der Waals surface area contributed by atoms with Crippen molar-refractivity contribution in [2.45, 2.75) is 0 Å². The molecule has 0 spiro atoms. The second-order valence-electron chi connectivity index (χ2n) is 0.565. The van der Waals surface area contributed by atoms with Gasteiger partial charge in [0.05, 0.1) is 0 Å². The Morgan fingerprint density at radius 1 is 0.778 bits per heavy atom. The van der Waals surface area contributed by atoms with Crippen LogP contribution in [0.4, 0.5) is 9.59 Å². The summed E-state index contributed by atoms with van der Waals surface area (Å²) in [7, 11) is 0. The van der Waals surface area contributed by atoms with Crippen LogP contribution in [0.15, 0.2) is 0 Å². The largest absolute Gasteiger partial charge is 0.503 e. The molecule has 0 amide bonds. The smallest absolute Gasteiger partial charge is 0.450 e. The predicted molar refractivity (Wildman–Crippen MR) is 21.3 cm³/mol. The topological polar surface area (TPSA) is 115 Å². The van der Waals surface area contributed by atoms with Gasteiger partial charge >= 0.3 is 12.3 Å². The van der Waals surface area contributed by atoms with Crippen LogP contribution in [0.3, 0.4) is 0 Å². The van der Waals surface area contributed by atoms with E-state index in [2.05, 4.69) is 0 Å². The molecule has 0 saturated heterocycles. The third-order valence-electron chi connectivity index (χ3n) is 0. The first-order valence-electron chi connectivity index (χ1n) is 1.30. The second-order valence-corrected chi connectivity index (χ2v) is 0.565. The Balaban J connectivity index is -0.0000000720. The van der Waals surface area contributed by atoms with E-state index in [1.807, 2.05) is 0 Å². The summed E-state index contributed by atoms with van der Waals surface area (Å²) < 4.78 is 0. The molecule has 0 aromatic carbocycles. The summed E-state index contributed by atoms with van der Waals surface area (Å²) >= 11 is 0. The molecule has 9 heavy (non-hydrogen) atoms. The fourth-order valence-electron chi connectivity index (χ4n) is 0. The van der Waals surface area contributed by atoms with Gasteiger partial charge in [-0.05, 0) is 0 Å². The molecule has 4 N–H and O–H groups in total. The zero-order valence-corrected chi connectivity index (χ0v) is 5.06. The van der Waals surface area contributed by atoms with Crippen LogP contribution in [-0.4, -0.2) is 32.7 Å². The van der Waals surface area contributed by atoms with Crippen molar-refractivity contribution in [3.8, 4) is 0 Å². The summed E-state index contributed by atoms with van der Waals surface area (Å²) in [4.78, 5) is 17.1. The Morgan fingerprint density at radius 2 is 0.778 bits per heavy atom. The molecular formula is C2H4FeO6. The fraction of sp³-hybridized carbons (Fsp3) is 0. The molecule has 0 aliphatic rings. The first-order chi connectivity index (χ1) is 3.46. The molecule has 0 unspecified atom stereocenters. The van der Waals surface area contributed by atoms with Crippen molar-refractivity contribution in [3.63, 3.8) is 0 Å². The Kier molecular flexibility index (Phi) is 17.7. The zero-order valence-electron chi connectivity index (χ0n) is 3.96. The average Bonchev–Trinajstić information content (AvgIpc) is 1.25. The van der Waals surface area contributed by atoms with Gasteiger partial charge in [0.1, 0.15) is 0 Å². The predicted octanol–water partition coefficient (Wildman–Crippen LogP) is 0.442. The summed E-state index contributed by atoms with van der Waals surface area (Å²) in [5.41, 5.74) is 0. The standard InChI is InChI=1S/2CH2O3.Fe/c2*2-1(3)4;/h2*(H2,2,3,4);. The second kappa shape index (κ2) is 10.1. The number of hydrogen-bond donors (Lipinski definition) is 4. The van der Waals surface area contributed by atoms with Gasteiger partial charge in [0.15, 0.2) is 0 Å². The zero-order chi connectivity index (χ0) is 7.15. The minimum atomic E-state index is -1.83. The summed E-state index contributed by atoms with van der Waals surface area (Å²) in [6, 6.07) is 0. The number of carboxylic acid groups (broad SMARTS) is 4. The third-order valence-corrected chi connectivity index (χ3v) is 0. The molecular weight excluding hydrogens is 176 g/mol. The molecule has 0 fully saturated rings. The Hall–Kier alpha value is -0.941. The molecule has 56 valence electrons. The quantitative estimate of drug-likeness (QED) is 0.402. The van der Waals surface area contributed by atoms with Crippen LogP contribution < -0.4 is 0 Å². The van der Waals surface area contributed by atoms with Crippen LogP contribution in [0, 0.1) is 0 Å². The molecule has 0 bridgehead atoms. The average molecular weight is 180 g/mol. The maximum Gasteiger partial charge on any atom is 0.503 e. The molecule has 0 aromatic heterocycles. The normalized spacial score (nSPS) is 5.33. The molecule has 0 aliphatic heterocycles. The van der Waals surface area contributed by atoms with Gasteiger partial charge in [0.2, 0.25) is 0 Å². The van der Waals surface area contributed by atoms with Gasteiger partial charge in [-0.2, -0.15) is 0 Å². The van der Waals surface area contributed by atoms with Crippen LogP contribution >= 0.6 is 0 Å². The molecule has 7 heteroatoms. The van der Waals surface area contributed by atoms with Gasteiger partial charge in [-0.15, -0.1) is 0 Å². The Morgan fingerprint density at radius 3 is 0.778 bits per heavy atom. The van der Waals surface area contributed by atoms with Gasteiger partial charge < -0.3 is 20.4 Å². The van der Waals surface area contributed by atoms with Crippen LogP contribution in [0.1, 0.15) is 0 Å². The first-order valence-corrected chi connectivity index (χ1v) is 1.30. The molecule has 0 aromatic rings. The van der Waals surface area contributed by atoms with Gasteiger partial charge in [-0.1, -0.05) is 0 Å². The van der Waals surface area contributed by atoms with E-state index in [0.717, 1.165) is 0 Å². The molecule has 6 nitrogen and oxygen atoms in total. The minimum absolute atomic E-state index is 0. The van der Waals surface area contributed by atoms with Crippen molar-refractivity contribution < 1.29 is 47.1 Å². The van der Waals surface area contributed by atoms with Gasteiger partial charge in [-0.25, -0.2) is 9.59 Å². The molecule has 0 radical (unpaired) electrons. The first kappa shape index (κ1) is 15.7. The van der Waals surface area contributed by atoms with E-state index < -0.39 is 12.3 Å². The van der Waals surface area contributed by atoms with Crippen LogP contribution in [-0.2, 0) is 17.1 Å². The van der Waals surface area contributed by atoms with E-state index >= 15 is 0 Å². The number of hydrogen-bond acceptors (Lipinski definition) is 2. The third kappa shape index (κ3) is 204. The minimum Gasteiger partial charge on any atom is -0.450 e. The molecule has 0 heterocycles. The van der Waals surface area contributed by atoms with Crippen molar-refractivity contribution in [1.82, 2.24) is 0 Å². The van der Waals surface area contributed by atoms with Crippen molar-refractivity contribution >= 4 is 12.3 Å². The Labute approximate surface area is 60.2 Å². The van der Waals surface area contributed by atoms with Crippen molar-refractivity contribution in [2.24, 2.45) is 0 Å².